The molecule has 0 saturated heterocycles. The summed E-state index contributed by atoms with van der Waals surface area (Å²) in [5.74, 6) is 5.36. The molecule has 1 unspecified atom stereocenters. The molecule has 0 saturated carbocycles. The molecule has 0 aliphatic carbocycles. The van der Waals surface area contributed by atoms with Crippen LogP contribution in [0.1, 0.15) is 38.8 Å². The third-order valence-electron chi connectivity index (χ3n) is 5.70. The van der Waals surface area contributed by atoms with Crippen molar-refractivity contribution in [3.63, 3.8) is 0 Å². The first kappa shape index (κ1) is 31.8. The molecular formula is C30H38N2O6S. The summed E-state index contributed by atoms with van der Waals surface area (Å²) in [6.45, 7) is 12.6. The van der Waals surface area contributed by atoms with Gasteiger partial charge in [0.25, 0.3) is 0 Å². The Kier molecular flexibility index (Phi) is 12.5. The number of carbonyl (C=O) groups is 1. The molecule has 0 fully saturated rings. The molecule has 9 heteroatoms. The van der Waals surface area contributed by atoms with Crippen LogP contribution in [-0.2, 0) is 26.1 Å². The average Bonchev–Trinajstić information content (AvgIpc) is 2.88. The van der Waals surface area contributed by atoms with Gasteiger partial charge in [0.15, 0.2) is 5.76 Å². The summed E-state index contributed by atoms with van der Waals surface area (Å²) in [6.07, 6.45) is -2.20. The molecule has 1 atom stereocenters. The fourth-order valence-corrected chi connectivity index (χ4v) is 5.11. The summed E-state index contributed by atoms with van der Waals surface area (Å²) < 4.78 is 38.9. The lowest BCUT2D eigenvalue weighted by atomic mass is 10.2. The standard InChI is InChI=1S/C30H38N2O6S/c1-7-29(38-30(34)32(23(2)3)24(4)5)28(33)21-31(39(35,36)27-17-15-25(6)16-18-27)19-11-12-20-37-22-26-13-9-8-10-14-26/h8-10,13-18,23-24,28,33H,1,19-22H2,2-6H3. The number of hydrogen-bond donors (Lipinski definition) is 1. The van der Waals surface area contributed by atoms with Crippen molar-refractivity contribution < 1.29 is 27.8 Å². The lowest BCUT2D eigenvalue weighted by Crippen LogP contribution is -2.44. The van der Waals surface area contributed by atoms with E-state index < -0.39 is 28.8 Å². The highest BCUT2D eigenvalue weighted by Crippen LogP contribution is 2.19. The number of aliphatic hydroxyl groups excluding tert-OH is 1. The molecule has 1 N–H and O–H groups in total. The number of aryl methyl sites for hydroxylation is 1. The van der Waals surface area contributed by atoms with Crippen molar-refractivity contribution in [2.75, 3.05) is 19.7 Å². The van der Waals surface area contributed by atoms with Crippen LogP contribution < -0.4 is 0 Å². The quantitative estimate of drug-likeness (QED) is 0.180. The molecule has 1 amide bonds. The minimum atomic E-state index is -4.04. The highest BCUT2D eigenvalue weighted by Gasteiger charge is 2.30. The summed E-state index contributed by atoms with van der Waals surface area (Å²) in [5.41, 5.74) is 4.34. The molecule has 0 spiro atoms. The van der Waals surface area contributed by atoms with Crippen molar-refractivity contribution in [1.82, 2.24) is 9.21 Å². The van der Waals surface area contributed by atoms with E-state index in [0.717, 1.165) is 15.4 Å². The van der Waals surface area contributed by atoms with Gasteiger partial charge in [0, 0.05) is 18.6 Å². The maximum Gasteiger partial charge on any atom is 0.416 e. The van der Waals surface area contributed by atoms with Crippen LogP contribution in [0.4, 0.5) is 4.79 Å². The predicted molar refractivity (Wildman–Crippen MR) is 151 cm³/mol. The molecule has 2 aromatic rings. The van der Waals surface area contributed by atoms with E-state index in [1.165, 1.54) is 17.0 Å². The Labute approximate surface area is 232 Å². The molecule has 0 aliphatic heterocycles. The van der Waals surface area contributed by atoms with Gasteiger partial charge in [0.2, 0.25) is 10.0 Å². The second-order valence-corrected chi connectivity index (χ2v) is 11.4. The molecule has 0 bridgehead atoms. The number of carbonyl (C=O) groups excluding carboxylic acids is 1. The SMILES string of the molecule is C=C=C(OC(=O)N(C(C)C)C(C)C)C(O)CN(CC#CCOCc1ccccc1)S(=O)(=O)c1ccc(C)cc1. The van der Waals surface area contributed by atoms with Gasteiger partial charge in [-0.1, -0.05) is 72.2 Å². The molecule has 210 valence electrons. The second kappa shape index (κ2) is 15.3. The van der Waals surface area contributed by atoms with Crippen molar-refractivity contribution >= 4 is 16.1 Å². The monoisotopic (exact) mass is 554 g/mol. The van der Waals surface area contributed by atoms with E-state index in [9.17, 15) is 18.3 Å². The first-order chi connectivity index (χ1) is 18.5. The summed E-state index contributed by atoms with van der Waals surface area (Å²) in [4.78, 5) is 14.3. The fourth-order valence-electron chi connectivity index (χ4n) is 3.76. The Hall–Kier alpha value is -3.38. The molecule has 39 heavy (non-hydrogen) atoms. The van der Waals surface area contributed by atoms with Gasteiger partial charge >= 0.3 is 6.09 Å². The maximum absolute atomic E-state index is 13.5. The van der Waals surface area contributed by atoms with E-state index in [0.29, 0.717) is 6.61 Å². The van der Waals surface area contributed by atoms with E-state index >= 15 is 0 Å². The zero-order chi connectivity index (χ0) is 29.0. The first-order valence-electron chi connectivity index (χ1n) is 12.7. The zero-order valence-corrected chi connectivity index (χ0v) is 24.1. The van der Waals surface area contributed by atoms with E-state index in [2.05, 4.69) is 24.2 Å². The Morgan fingerprint density at radius 3 is 2.18 bits per heavy atom. The van der Waals surface area contributed by atoms with Gasteiger partial charge in [0.05, 0.1) is 18.0 Å². The van der Waals surface area contributed by atoms with Crippen molar-refractivity contribution in [2.24, 2.45) is 0 Å². The van der Waals surface area contributed by atoms with E-state index in [4.69, 9.17) is 9.47 Å². The Morgan fingerprint density at radius 1 is 1.00 bits per heavy atom. The summed E-state index contributed by atoms with van der Waals surface area (Å²) >= 11 is 0. The molecular weight excluding hydrogens is 516 g/mol. The van der Waals surface area contributed by atoms with Gasteiger partial charge in [-0.25, -0.2) is 13.2 Å². The number of nitrogens with zero attached hydrogens (tertiary/aromatic N) is 2. The lowest BCUT2D eigenvalue weighted by Gasteiger charge is -2.30. The topological polar surface area (TPSA) is 96.4 Å². The Morgan fingerprint density at radius 2 is 1.62 bits per heavy atom. The largest absolute Gasteiger partial charge is 0.416 e. The van der Waals surface area contributed by atoms with Crippen molar-refractivity contribution in [2.45, 2.75) is 64.3 Å². The molecule has 8 nitrogen and oxygen atoms in total. The number of rotatable bonds is 12. The third kappa shape index (κ3) is 9.70. The van der Waals surface area contributed by atoms with Crippen LogP contribution in [0, 0.1) is 18.8 Å². The highest BCUT2D eigenvalue weighted by atomic mass is 32.2. The highest BCUT2D eigenvalue weighted by molar-refractivity contribution is 7.89. The van der Waals surface area contributed by atoms with E-state index in [1.807, 2.05) is 65.0 Å². The predicted octanol–water partition coefficient (Wildman–Crippen LogP) is 4.49. The van der Waals surface area contributed by atoms with Crippen molar-refractivity contribution in [1.29, 1.82) is 0 Å². The number of hydrogen-bond acceptors (Lipinski definition) is 6. The molecule has 2 aromatic carbocycles. The molecule has 0 aromatic heterocycles. The molecule has 0 heterocycles. The van der Waals surface area contributed by atoms with Crippen LogP contribution in [0.25, 0.3) is 0 Å². The van der Waals surface area contributed by atoms with Gasteiger partial charge in [-0.05, 0) is 52.3 Å². The first-order valence-corrected chi connectivity index (χ1v) is 14.1. The minimum Gasteiger partial charge on any atom is -0.403 e. The minimum absolute atomic E-state index is 0.0503. The van der Waals surface area contributed by atoms with E-state index in [1.54, 1.807) is 12.1 Å². The van der Waals surface area contributed by atoms with Gasteiger partial charge in [0.1, 0.15) is 12.7 Å². The van der Waals surface area contributed by atoms with Crippen LogP contribution in [0.5, 0.6) is 0 Å². The molecule has 0 radical (unpaired) electrons. The van der Waals surface area contributed by atoms with Gasteiger partial charge in [-0.15, -0.1) is 0 Å². The third-order valence-corrected chi connectivity index (χ3v) is 7.53. The Bertz CT molecular complexity index is 1280. The van der Waals surface area contributed by atoms with Crippen LogP contribution in [-0.4, -0.2) is 66.7 Å². The van der Waals surface area contributed by atoms with Gasteiger partial charge in [-0.3, -0.25) is 0 Å². The smallest absolute Gasteiger partial charge is 0.403 e. The number of amides is 1. The van der Waals surface area contributed by atoms with Crippen LogP contribution in [0.15, 0.2) is 77.6 Å². The van der Waals surface area contributed by atoms with E-state index in [-0.39, 0.29) is 35.9 Å². The summed E-state index contributed by atoms with van der Waals surface area (Å²) in [7, 11) is -4.04. The number of sulfonamides is 1. The number of benzene rings is 2. The Balaban J connectivity index is 2.19. The molecule has 2 rings (SSSR count). The lowest BCUT2D eigenvalue weighted by molar-refractivity contribution is 0.0700. The fraction of sp³-hybridized carbons (Fsp3) is 0.400. The maximum atomic E-state index is 13.5. The number of aliphatic hydroxyl groups is 1. The van der Waals surface area contributed by atoms with Crippen molar-refractivity contribution in [3.05, 3.63) is 83.8 Å². The normalized spacial score (nSPS) is 12.0. The van der Waals surface area contributed by atoms with Gasteiger partial charge < -0.3 is 19.5 Å². The van der Waals surface area contributed by atoms with Crippen LogP contribution >= 0.6 is 0 Å². The van der Waals surface area contributed by atoms with Crippen LogP contribution in [0.2, 0.25) is 0 Å². The van der Waals surface area contributed by atoms with Crippen LogP contribution in [0.3, 0.4) is 0 Å². The zero-order valence-electron chi connectivity index (χ0n) is 23.3. The van der Waals surface area contributed by atoms with Crippen molar-refractivity contribution in [3.8, 4) is 11.8 Å². The molecule has 0 aliphatic rings. The number of ether oxygens (including phenoxy) is 2. The van der Waals surface area contributed by atoms with Gasteiger partial charge in [-0.2, -0.15) is 4.31 Å². The summed E-state index contributed by atoms with van der Waals surface area (Å²) in [6, 6.07) is 15.7. The summed E-state index contributed by atoms with van der Waals surface area (Å²) in [5, 5.41) is 10.9. The average molecular weight is 555 g/mol. The second-order valence-electron chi connectivity index (χ2n) is 9.46.